The Kier molecular flexibility index (Phi) is 3.48. The van der Waals surface area contributed by atoms with Gasteiger partial charge in [-0.1, -0.05) is 13.3 Å². The molecule has 0 aliphatic heterocycles. The molecule has 17 heavy (non-hydrogen) atoms. The molecule has 3 heteroatoms. The molecule has 1 N–H and O–H groups in total. The van der Waals surface area contributed by atoms with Crippen LogP contribution in [0.5, 0.6) is 0 Å². The number of benzene rings is 1. The van der Waals surface area contributed by atoms with Crippen molar-refractivity contribution < 1.29 is 8.78 Å². The van der Waals surface area contributed by atoms with E-state index in [0.29, 0.717) is 23.1 Å². The van der Waals surface area contributed by atoms with Crippen molar-refractivity contribution in [2.24, 2.45) is 5.92 Å². The van der Waals surface area contributed by atoms with Crippen LogP contribution >= 0.6 is 0 Å². The Morgan fingerprint density at radius 1 is 1.35 bits per heavy atom. The van der Waals surface area contributed by atoms with Crippen LogP contribution < -0.4 is 5.32 Å². The second-order valence-corrected chi connectivity index (χ2v) is 5.02. The summed E-state index contributed by atoms with van der Waals surface area (Å²) >= 11 is 0. The number of nitrogens with one attached hydrogen (secondary N) is 1. The van der Waals surface area contributed by atoms with E-state index in [1.165, 1.54) is 12.1 Å². The summed E-state index contributed by atoms with van der Waals surface area (Å²) in [6, 6.07) is 2.92. The second-order valence-electron chi connectivity index (χ2n) is 5.02. The predicted molar refractivity (Wildman–Crippen MR) is 64.8 cm³/mol. The van der Waals surface area contributed by atoms with Crippen LogP contribution in [0.25, 0.3) is 0 Å². The Morgan fingerprint density at radius 2 is 2.06 bits per heavy atom. The van der Waals surface area contributed by atoms with E-state index in [1.54, 1.807) is 6.92 Å². The van der Waals surface area contributed by atoms with E-state index < -0.39 is 0 Å². The molecule has 1 aromatic rings. The van der Waals surface area contributed by atoms with Crippen molar-refractivity contribution in [3.05, 3.63) is 34.9 Å². The molecule has 3 atom stereocenters. The Labute approximate surface area is 101 Å². The third-order valence-electron chi connectivity index (χ3n) is 3.66. The Bertz CT molecular complexity index is 417. The molecule has 0 saturated heterocycles. The molecule has 1 aromatic carbocycles. The van der Waals surface area contributed by atoms with Crippen molar-refractivity contribution in [3.63, 3.8) is 0 Å². The van der Waals surface area contributed by atoms with Crippen molar-refractivity contribution in [2.75, 3.05) is 0 Å². The van der Waals surface area contributed by atoms with Crippen LogP contribution in [-0.2, 0) is 0 Å². The van der Waals surface area contributed by atoms with Crippen LogP contribution in [-0.4, -0.2) is 6.04 Å². The Balaban J connectivity index is 2.08. The van der Waals surface area contributed by atoms with E-state index in [1.807, 2.05) is 6.92 Å². The highest BCUT2D eigenvalue weighted by Crippen LogP contribution is 2.35. The summed E-state index contributed by atoms with van der Waals surface area (Å²) in [5.74, 6) is 0.0475. The van der Waals surface area contributed by atoms with E-state index in [-0.39, 0.29) is 17.7 Å². The maximum Gasteiger partial charge on any atom is 0.128 e. The number of hydrogen-bond acceptors (Lipinski definition) is 1. The van der Waals surface area contributed by atoms with Gasteiger partial charge in [0, 0.05) is 17.6 Å². The zero-order chi connectivity index (χ0) is 12.6. The lowest BCUT2D eigenvalue weighted by Crippen LogP contribution is -2.23. The molecule has 1 nitrogen and oxygen atoms in total. The molecule has 1 saturated carbocycles. The highest BCUT2D eigenvalue weighted by molar-refractivity contribution is 5.27. The fraction of sp³-hybridized carbons (Fsp3) is 0.571. The van der Waals surface area contributed by atoms with E-state index >= 15 is 0 Å². The van der Waals surface area contributed by atoms with Crippen LogP contribution in [0.4, 0.5) is 8.78 Å². The largest absolute Gasteiger partial charge is 0.307 e. The molecular weight excluding hydrogens is 220 g/mol. The molecular formula is C14H19F2N. The quantitative estimate of drug-likeness (QED) is 0.844. The fourth-order valence-corrected chi connectivity index (χ4v) is 2.31. The smallest absolute Gasteiger partial charge is 0.128 e. The van der Waals surface area contributed by atoms with Gasteiger partial charge in [-0.05, 0) is 43.9 Å². The monoisotopic (exact) mass is 239 g/mol. The molecule has 1 aliphatic rings. The van der Waals surface area contributed by atoms with Gasteiger partial charge < -0.3 is 5.32 Å². The molecule has 1 aliphatic carbocycles. The average Bonchev–Trinajstić information content (AvgIpc) is 3.01. The highest BCUT2D eigenvalue weighted by atomic mass is 19.1. The minimum absolute atomic E-state index is 0.133. The molecule has 1 fully saturated rings. The maximum atomic E-state index is 13.7. The molecule has 2 rings (SSSR count). The first-order chi connectivity index (χ1) is 8.02. The van der Waals surface area contributed by atoms with Crippen molar-refractivity contribution in [3.8, 4) is 0 Å². The van der Waals surface area contributed by atoms with Crippen molar-refractivity contribution in [2.45, 2.75) is 45.7 Å². The van der Waals surface area contributed by atoms with Crippen LogP contribution in [0.15, 0.2) is 12.1 Å². The fourth-order valence-electron chi connectivity index (χ4n) is 2.31. The topological polar surface area (TPSA) is 12.0 Å². The Morgan fingerprint density at radius 3 is 2.65 bits per heavy atom. The van der Waals surface area contributed by atoms with E-state index in [4.69, 9.17) is 0 Å². The van der Waals surface area contributed by atoms with Gasteiger partial charge in [-0.15, -0.1) is 0 Å². The zero-order valence-corrected chi connectivity index (χ0v) is 10.6. The minimum atomic E-state index is -0.335. The molecule has 0 aromatic heterocycles. The molecule has 94 valence electrons. The normalized spacial score (nSPS) is 24.8. The number of rotatable bonds is 4. The third-order valence-corrected chi connectivity index (χ3v) is 3.66. The molecule has 0 radical (unpaired) electrons. The first-order valence-corrected chi connectivity index (χ1v) is 6.24. The third kappa shape index (κ3) is 2.65. The molecule has 0 heterocycles. The van der Waals surface area contributed by atoms with Crippen molar-refractivity contribution in [1.82, 2.24) is 5.32 Å². The molecule has 0 amide bonds. The summed E-state index contributed by atoms with van der Waals surface area (Å²) in [5.41, 5.74) is 0.783. The standard InChI is InChI=1S/C14H19F2N/c1-4-10-6-14(10)17-9(3)11-7-12(15)8(2)5-13(11)16/h5,7,9-10,14,17H,4,6H2,1-3H3. The lowest BCUT2D eigenvalue weighted by molar-refractivity contribution is 0.500. The van der Waals surface area contributed by atoms with Gasteiger partial charge in [-0.25, -0.2) is 8.78 Å². The van der Waals surface area contributed by atoms with Crippen molar-refractivity contribution >= 4 is 0 Å². The molecule has 0 spiro atoms. The second kappa shape index (κ2) is 4.73. The lowest BCUT2D eigenvalue weighted by atomic mass is 10.0. The molecule has 3 unspecified atom stereocenters. The number of halogens is 2. The van der Waals surface area contributed by atoms with Gasteiger partial charge in [0.1, 0.15) is 11.6 Å². The first kappa shape index (κ1) is 12.5. The lowest BCUT2D eigenvalue weighted by Gasteiger charge is -2.16. The van der Waals surface area contributed by atoms with Crippen LogP contribution in [0.3, 0.4) is 0 Å². The van der Waals surface area contributed by atoms with Gasteiger partial charge in [0.15, 0.2) is 0 Å². The number of aryl methyl sites for hydroxylation is 1. The van der Waals surface area contributed by atoms with Gasteiger partial charge in [0.2, 0.25) is 0 Å². The number of hydrogen-bond donors (Lipinski definition) is 1. The maximum absolute atomic E-state index is 13.7. The zero-order valence-electron chi connectivity index (χ0n) is 10.6. The van der Waals surface area contributed by atoms with Crippen LogP contribution in [0.1, 0.15) is 43.9 Å². The van der Waals surface area contributed by atoms with Gasteiger partial charge in [-0.2, -0.15) is 0 Å². The summed E-state index contributed by atoms with van der Waals surface area (Å²) < 4.78 is 27.1. The first-order valence-electron chi connectivity index (χ1n) is 6.24. The summed E-state index contributed by atoms with van der Waals surface area (Å²) in [4.78, 5) is 0. The summed E-state index contributed by atoms with van der Waals surface area (Å²) in [5, 5.41) is 3.35. The van der Waals surface area contributed by atoms with E-state index in [0.717, 1.165) is 12.8 Å². The SMILES string of the molecule is CCC1CC1NC(C)c1cc(F)c(C)cc1F. The highest BCUT2D eigenvalue weighted by Gasteiger charge is 2.36. The van der Waals surface area contributed by atoms with Crippen LogP contribution in [0, 0.1) is 24.5 Å². The van der Waals surface area contributed by atoms with Gasteiger partial charge in [0.05, 0.1) is 0 Å². The average molecular weight is 239 g/mol. The van der Waals surface area contributed by atoms with Crippen molar-refractivity contribution in [1.29, 1.82) is 0 Å². The van der Waals surface area contributed by atoms with Crippen LogP contribution in [0.2, 0.25) is 0 Å². The van der Waals surface area contributed by atoms with Gasteiger partial charge >= 0.3 is 0 Å². The Hall–Kier alpha value is -0.960. The van der Waals surface area contributed by atoms with E-state index in [2.05, 4.69) is 12.2 Å². The summed E-state index contributed by atoms with van der Waals surface area (Å²) in [6.45, 7) is 5.62. The van der Waals surface area contributed by atoms with E-state index in [9.17, 15) is 8.78 Å². The minimum Gasteiger partial charge on any atom is -0.307 e. The van der Waals surface area contributed by atoms with Gasteiger partial charge in [0.25, 0.3) is 0 Å². The van der Waals surface area contributed by atoms with Gasteiger partial charge in [-0.3, -0.25) is 0 Å². The summed E-state index contributed by atoms with van der Waals surface area (Å²) in [6.07, 6.45) is 2.30. The summed E-state index contributed by atoms with van der Waals surface area (Å²) in [7, 11) is 0. The molecule has 0 bridgehead atoms. The predicted octanol–water partition coefficient (Wildman–Crippen LogP) is 3.72.